The second-order valence-corrected chi connectivity index (χ2v) is 9.91. The SMILES string of the molecule is CCN(C(=O)C(C)Sc1nc2ccc(Br)cc2c(=O)n1CCOC)C1CCCCC1. The summed E-state index contributed by atoms with van der Waals surface area (Å²) in [7, 11) is 1.61. The van der Waals surface area contributed by atoms with Crippen LogP contribution in [0.4, 0.5) is 0 Å². The topological polar surface area (TPSA) is 64.4 Å². The number of methoxy groups -OCH3 is 1. The number of fused-ring (bicyclic) bond motifs is 1. The smallest absolute Gasteiger partial charge is 0.262 e. The average molecular weight is 496 g/mol. The van der Waals surface area contributed by atoms with Crippen molar-refractivity contribution in [1.82, 2.24) is 14.5 Å². The maximum atomic E-state index is 13.3. The van der Waals surface area contributed by atoms with Gasteiger partial charge < -0.3 is 9.64 Å². The third kappa shape index (κ3) is 5.26. The van der Waals surface area contributed by atoms with Crippen molar-refractivity contribution in [2.45, 2.75) is 68.9 Å². The summed E-state index contributed by atoms with van der Waals surface area (Å²) in [5, 5.41) is 0.800. The van der Waals surface area contributed by atoms with E-state index in [9.17, 15) is 9.59 Å². The molecule has 0 N–H and O–H groups in total. The predicted octanol–water partition coefficient (Wildman–Crippen LogP) is 4.47. The Bertz CT molecular complexity index is 943. The molecule has 1 saturated carbocycles. The zero-order valence-corrected chi connectivity index (χ0v) is 20.3. The van der Waals surface area contributed by atoms with Gasteiger partial charge in [-0.3, -0.25) is 14.2 Å². The van der Waals surface area contributed by atoms with Gasteiger partial charge in [0.05, 0.1) is 29.3 Å². The first-order chi connectivity index (χ1) is 14.5. The van der Waals surface area contributed by atoms with Crippen molar-refractivity contribution in [2.24, 2.45) is 0 Å². The quantitative estimate of drug-likeness (QED) is 0.399. The summed E-state index contributed by atoms with van der Waals surface area (Å²) >= 11 is 4.79. The minimum Gasteiger partial charge on any atom is -0.383 e. The van der Waals surface area contributed by atoms with E-state index in [1.165, 1.54) is 31.0 Å². The van der Waals surface area contributed by atoms with Crippen molar-refractivity contribution in [3.8, 4) is 0 Å². The van der Waals surface area contributed by atoms with Crippen LogP contribution in [0.5, 0.6) is 0 Å². The Labute approximate surface area is 190 Å². The molecule has 0 aliphatic heterocycles. The van der Waals surface area contributed by atoms with Crippen LogP contribution in [0.25, 0.3) is 10.9 Å². The Hall–Kier alpha value is -1.38. The van der Waals surface area contributed by atoms with E-state index < -0.39 is 0 Å². The van der Waals surface area contributed by atoms with Crippen LogP contribution in [0.15, 0.2) is 32.6 Å². The normalized spacial score (nSPS) is 16.0. The van der Waals surface area contributed by atoms with E-state index in [1.54, 1.807) is 17.7 Å². The van der Waals surface area contributed by atoms with E-state index in [0.717, 1.165) is 17.3 Å². The number of ether oxygens (including phenoxy) is 1. The van der Waals surface area contributed by atoms with Crippen molar-refractivity contribution in [3.05, 3.63) is 33.0 Å². The Balaban J connectivity index is 1.89. The summed E-state index contributed by atoms with van der Waals surface area (Å²) in [6.45, 7) is 5.47. The first-order valence-corrected chi connectivity index (χ1v) is 12.3. The third-order valence-corrected chi connectivity index (χ3v) is 7.24. The molecule has 0 radical (unpaired) electrons. The van der Waals surface area contributed by atoms with Crippen molar-refractivity contribution in [3.63, 3.8) is 0 Å². The molecule has 1 amide bonds. The Morgan fingerprint density at radius 3 is 2.77 bits per heavy atom. The fraction of sp³-hybridized carbons (Fsp3) is 0.591. The number of rotatable bonds is 8. The predicted molar refractivity (Wildman–Crippen MR) is 125 cm³/mol. The van der Waals surface area contributed by atoms with Crippen molar-refractivity contribution < 1.29 is 9.53 Å². The monoisotopic (exact) mass is 495 g/mol. The largest absolute Gasteiger partial charge is 0.383 e. The summed E-state index contributed by atoms with van der Waals surface area (Å²) in [5.74, 6) is 0.123. The molecule has 1 fully saturated rings. The summed E-state index contributed by atoms with van der Waals surface area (Å²) in [6, 6.07) is 5.83. The lowest BCUT2D eigenvalue weighted by molar-refractivity contribution is -0.133. The van der Waals surface area contributed by atoms with Gasteiger partial charge in [-0.05, 0) is 44.9 Å². The molecule has 0 spiro atoms. The molecule has 3 rings (SSSR count). The lowest BCUT2D eigenvalue weighted by Crippen LogP contribution is -2.44. The minimum absolute atomic E-state index is 0.111. The molecule has 164 valence electrons. The van der Waals surface area contributed by atoms with Crippen LogP contribution >= 0.6 is 27.7 Å². The van der Waals surface area contributed by atoms with Gasteiger partial charge in [-0.1, -0.05) is 47.0 Å². The second kappa shape index (κ2) is 10.8. The molecule has 8 heteroatoms. The van der Waals surface area contributed by atoms with Crippen molar-refractivity contribution in [2.75, 3.05) is 20.3 Å². The molecular weight excluding hydrogens is 466 g/mol. The number of thioether (sulfide) groups is 1. The van der Waals surface area contributed by atoms with Gasteiger partial charge in [0.2, 0.25) is 5.91 Å². The number of aromatic nitrogens is 2. The zero-order valence-electron chi connectivity index (χ0n) is 17.9. The average Bonchev–Trinajstić information content (AvgIpc) is 2.75. The van der Waals surface area contributed by atoms with Gasteiger partial charge >= 0.3 is 0 Å². The molecule has 2 aromatic rings. The van der Waals surface area contributed by atoms with Crippen molar-refractivity contribution in [1.29, 1.82) is 0 Å². The lowest BCUT2D eigenvalue weighted by atomic mass is 9.94. The fourth-order valence-corrected chi connectivity index (χ4v) is 5.44. The lowest BCUT2D eigenvalue weighted by Gasteiger charge is -2.35. The van der Waals surface area contributed by atoms with Gasteiger partial charge in [-0.15, -0.1) is 0 Å². The molecule has 1 atom stereocenters. The first-order valence-electron chi connectivity index (χ1n) is 10.6. The number of halogens is 1. The molecule has 1 aromatic heterocycles. The number of hydrogen-bond acceptors (Lipinski definition) is 5. The summed E-state index contributed by atoms with van der Waals surface area (Å²) in [4.78, 5) is 33.1. The van der Waals surface area contributed by atoms with Gasteiger partial charge in [0.1, 0.15) is 0 Å². The van der Waals surface area contributed by atoms with E-state index >= 15 is 0 Å². The van der Waals surface area contributed by atoms with Crippen molar-refractivity contribution >= 4 is 44.5 Å². The van der Waals surface area contributed by atoms with Gasteiger partial charge in [0.15, 0.2) is 5.16 Å². The molecule has 1 aromatic carbocycles. The van der Waals surface area contributed by atoms with Gasteiger partial charge in [-0.25, -0.2) is 4.98 Å². The molecule has 6 nitrogen and oxygen atoms in total. The van der Waals surface area contributed by atoms with Gasteiger partial charge in [-0.2, -0.15) is 0 Å². The standard InChI is InChI=1S/C22H30BrN3O3S/c1-4-25(17-8-6-5-7-9-17)20(27)15(2)30-22-24-19-11-10-16(23)14-18(19)21(28)26(22)12-13-29-3/h10-11,14-15,17H,4-9,12-13H2,1-3H3. The maximum absolute atomic E-state index is 13.3. The Morgan fingerprint density at radius 2 is 2.10 bits per heavy atom. The zero-order chi connectivity index (χ0) is 21.7. The molecule has 1 aliphatic rings. The van der Waals surface area contributed by atoms with E-state index in [4.69, 9.17) is 9.72 Å². The number of amides is 1. The molecule has 1 unspecified atom stereocenters. The van der Waals surface area contributed by atoms with Crippen LogP contribution in [0.3, 0.4) is 0 Å². The highest BCUT2D eigenvalue weighted by atomic mass is 79.9. The highest BCUT2D eigenvalue weighted by Crippen LogP contribution is 2.28. The van der Waals surface area contributed by atoms with Crippen LogP contribution in [0, 0.1) is 0 Å². The van der Waals surface area contributed by atoms with E-state index in [0.29, 0.717) is 41.8 Å². The minimum atomic E-state index is -0.319. The van der Waals surface area contributed by atoms with Crippen LogP contribution in [-0.2, 0) is 16.1 Å². The van der Waals surface area contributed by atoms with Crippen LogP contribution in [0.1, 0.15) is 46.0 Å². The highest BCUT2D eigenvalue weighted by Gasteiger charge is 2.29. The number of carbonyl (C=O) groups is 1. The molecular formula is C22H30BrN3O3S. The van der Waals surface area contributed by atoms with E-state index in [-0.39, 0.29) is 16.7 Å². The van der Waals surface area contributed by atoms with E-state index in [2.05, 4.69) is 15.9 Å². The molecule has 0 bridgehead atoms. The number of carbonyl (C=O) groups excluding carboxylic acids is 1. The van der Waals surface area contributed by atoms with Crippen LogP contribution in [0.2, 0.25) is 0 Å². The summed E-state index contributed by atoms with van der Waals surface area (Å²) < 4.78 is 7.66. The second-order valence-electron chi connectivity index (χ2n) is 7.68. The van der Waals surface area contributed by atoms with Gasteiger partial charge in [0.25, 0.3) is 5.56 Å². The summed E-state index contributed by atoms with van der Waals surface area (Å²) in [5.41, 5.74) is 0.527. The third-order valence-electron chi connectivity index (χ3n) is 5.67. The van der Waals surface area contributed by atoms with Crippen LogP contribution in [-0.4, -0.2) is 51.9 Å². The Kier molecular flexibility index (Phi) is 8.36. The summed E-state index contributed by atoms with van der Waals surface area (Å²) in [6.07, 6.45) is 5.80. The van der Waals surface area contributed by atoms with Crippen LogP contribution < -0.4 is 5.56 Å². The maximum Gasteiger partial charge on any atom is 0.262 e. The van der Waals surface area contributed by atoms with Gasteiger partial charge in [0, 0.05) is 24.2 Å². The fourth-order valence-electron chi connectivity index (χ4n) is 4.07. The highest BCUT2D eigenvalue weighted by molar-refractivity contribution is 9.10. The molecule has 1 heterocycles. The van der Waals surface area contributed by atoms with E-state index in [1.807, 2.05) is 30.9 Å². The molecule has 30 heavy (non-hydrogen) atoms. The molecule has 1 aliphatic carbocycles. The molecule has 0 saturated heterocycles. The Morgan fingerprint density at radius 1 is 1.37 bits per heavy atom. The first kappa shape index (κ1) is 23.3. The number of hydrogen-bond donors (Lipinski definition) is 0. The number of nitrogens with zero attached hydrogens (tertiary/aromatic N) is 3. The number of benzene rings is 1.